The first-order chi connectivity index (χ1) is 14.8. The van der Waals surface area contributed by atoms with Crippen LogP contribution >= 0.6 is 0 Å². The third kappa shape index (κ3) is 6.74. The number of methoxy groups -OCH3 is 1. The summed E-state index contributed by atoms with van der Waals surface area (Å²) in [5.74, 6) is 1.02. The van der Waals surface area contributed by atoms with Crippen LogP contribution in [0.1, 0.15) is 43.9 Å². The molecule has 1 atom stereocenters. The summed E-state index contributed by atoms with van der Waals surface area (Å²) in [7, 11) is 1.61. The van der Waals surface area contributed by atoms with Crippen molar-refractivity contribution in [3.63, 3.8) is 0 Å². The van der Waals surface area contributed by atoms with Crippen LogP contribution in [0.4, 0.5) is 0 Å². The molecule has 0 spiro atoms. The molecule has 31 heavy (non-hydrogen) atoms. The third-order valence-electron chi connectivity index (χ3n) is 5.23. The molecule has 0 fully saturated rings. The number of hydrogen-bond donors (Lipinski definition) is 1. The third-order valence-corrected chi connectivity index (χ3v) is 5.23. The summed E-state index contributed by atoms with van der Waals surface area (Å²) in [5, 5.41) is 2.93. The minimum absolute atomic E-state index is 0.00863. The molecule has 2 amide bonds. The summed E-state index contributed by atoms with van der Waals surface area (Å²) >= 11 is 0. The Balaban J connectivity index is 2.24. The van der Waals surface area contributed by atoms with E-state index in [0.29, 0.717) is 18.7 Å². The van der Waals surface area contributed by atoms with Crippen LogP contribution in [0.5, 0.6) is 11.5 Å². The number of ether oxygens (including phenoxy) is 2. The van der Waals surface area contributed by atoms with E-state index in [2.05, 4.69) is 5.32 Å². The van der Waals surface area contributed by atoms with Crippen molar-refractivity contribution in [1.29, 1.82) is 0 Å². The number of hydrogen-bond acceptors (Lipinski definition) is 4. The molecule has 1 unspecified atom stereocenters. The van der Waals surface area contributed by atoms with Crippen LogP contribution < -0.4 is 14.8 Å². The van der Waals surface area contributed by atoms with Gasteiger partial charge in [0.05, 0.1) is 7.11 Å². The molecule has 0 aliphatic carbocycles. The summed E-state index contributed by atoms with van der Waals surface area (Å²) in [5.41, 5.74) is 3.01. The summed E-state index contributed by atoms with van der Waals surface area (Å²) in [6.07, 6.45) is 0.504. The number of amides is 2. The van der Waals surface area contributed by atoms with Gasteiger partial charge in [0.15, 0.2) is 6.61 Å². The summed E-state index contributed by atoms with van der Waals surface area (Å²) in [6, 6.07) is 12.7. The van der Waals surface area contributed by atoms with E-state index in [4.69, 9.17) is 9.47 Å². The van der Waals surface area contributed by atoms with Gasteiger partial charge >= 0.3 is 0 Å². The molecule has 0 radical (unpaired) electrons. The van der Waals surface area contributed by atoms with Gasteiger partial charge in [-0.05, 0) is 69.0 Å². The van der Waals surface area contributed by atoms with Gasteiger partial charge in [0.1, 0.15) is 17.5 Å². The van der Waals surface area contributed by atoms with E-state index in [0.717, 1.165) is 22.4 Å². The first kappa shape index (κ1) is 24.3. The number of benzene rings is 2. The van der Waals surface area contributed by atoms with E-state index in [-0.39, 0.29) is 24.5 Å². The van der Waals surface area contributed by atoms with E-state index >= 15 is 0 Å². The second kappa shape index (κ2) is 11.4. The number of carbonyl (C=O) groups excluding carboxylic acids is 2. The molecule has 2 aromatic carbocycles. The maximum atomic E-state index is 13.2. The first-order valence-corrected chi connectivity index (χ1v) is 10.7. The highest BCUT2D eigenvalue weighted by molar-refractivity contribution is 5.88. The molecule has 168 valence electrons. The van der Waals surface area contributed by atoms with Crippen LogP contribution in [0.2, 0.25) is 0 Å². The second-order valence-electron chi connectivity index (χ2n) is 7.94. The van der Waals surface area contributed by atoms with Crippen molar-refractivity contribution < 1.29 is 19.1 Å². The lowest BCUT2D eigenvalue weighted by Gasteiger charge is -2.31. The van der Waals surface area contributed by atoms with Gasteiger partial charge in [-0.25, -0.2) is 0 Å². The van der Waals surface area contributed by atoms with Crippen LogP contribution in [0.25, 0.3) is 0 Å². The Bertz CT molecular complexity index is 878. The van der Waals surface area contributed by atoms with Crippen molar-refractivity contribution in [3.05, 3.63) is 59.2 Å². The fraction of sp³-hybridized carbons (Fsp3) is 0.440. The maximum Gasteiger partial charge on any atom is 0.261 e. The van der Waals surface area contributed by atoms with Gasteiger partial charge in [0, 0.05) is 12.6 Å². The molecule has 0 aliphatic rings. The molecule has 0 saturated carbocycles. The number of rotatable bonds is 10. The van der Waals surface area contributed by atoms with Gasteiger partial charge in [0.25, 0.3) is 5.91 Å². The van der Waals surface area contributed by atoms with Crippen molar-refractivity contribution in [3.8, 4) is 11.5 Å². The Morgan fingerprint density at radius 1 is 1.06 bits per heavy atom. The largest absolute Gasteiger partial charge is 0.497 e. The Hall–Kier alpha value is -3.02. The van der Waals surface area contributed by atoms with Crippen molar-refractivity contribution in [2.24, 2.45) is 0 Å². The Morgan fingerprint density at radius 3 is 2.32 bits per heavy atom. The molecule has 6 nitrogen and oxygen atoms in total. The molecular weight excluding hydrogens is 392 g/mol. The molecule has 0 saturated heterocycles. The minimum Gasteiger partial charge on any atom is -0.497 e. The average Bonchev–Trinajstić information content (AvgIpc) is 2.74. The van der Waals surface area contributed by atoms with E-state index in [1.807, 2.05) is 77.1 Å². The van der Waals surface area contributed by atoms with E-state index in [1.54, 1.807) is 12.0 Å². The number of aryl methyl sites for hydroxylation is 1. The number of carbonyl (C=O) groups is 2. The van der Waals surface area contributed by atoms with Gasteiger partial charge in [-0.15, -0.1) is 0 Å². The summed E-state index contributed by atoms with van der Waals surface area (Å²) < 4.78 is 11.1. The highest BCUT2D eigenvalue weighted by atomic mass is 16.5. The van der Waals surface area contributed by atoms with Crippen LogP contribution in [-0.2, 0) is 16.1 Å². The Kier molecular flexibility index (Phi) is 8.91. The van der Waals surface area contributed by atoms with Crippen LogP contribution in [-0.4, -0.2) is 42.5 Å². The summed E-state index contributed by atoms with van der Waals surface area (Å²) in [6.45, 7) is 9.87. The molecule has 6 heteroatoms. The van der Waals surface area contributed by atoms with E-state index in [1.165, 1.54) is 0 Å². The lowest BCUT2D eigenvalue weighted by atomic mass is 10.1. The average molecular weight is 427 g/mol. The monoisotopic (exact) mass is 426 g/mol. The fourth-order valence-electron chi connectivity index (χ4n) is 3.33. The zero-order valence-electron chi connectivity index (χ0n) is 19.4. The molecule has 0 bridgehead atoms. The second-order valence-corrected chi connectivity index (χ2v) is 7.94. The molecule has 2 aromatic rings. The highest BCUT2D eigenvalue weighted by Gasteiger charge is 2.29. The van der Waals surface area contributed by atoms with Crippen molar-refractivity contribution >= 4 is 11.8 Å². The normalized spacial score (nSPS) is 11.7. The first-order valence-electron chi connectivity index (χ1n) is 10.7. The minimum atomic E-state index is -0.584. The van der Waals surface area contributed by atoms with Crippen LogP contribution in [0, 0.1) is 13.8 Å². The zero-order valence-corrected chi connectivity index (χ0v) is 19.4. The smallest absolute Gasteiger partial charge is 0.261 e. The number of nitrogens with one attached hydrogen (secondary N) is 1. The van der Waals surface area contributed by atoms with E-state index < -0.39 is 6.04 Å². The van der Waals surface area contributed by atoms with Gasteiger partial charge in [-0.3, -0.25) is 9.59 Å². The van der Waals surface area contributed by atoms with Crippen molar-refractivity contribution in [2.45, 2.75) is 59.7 Å². The van der Waals surface area contributed by atoms with Gasteiger partial charge in [-0.2, -0.15) is 0 Å². The van der Waals surface area contributed by atoms with Crippen molar-refractivity contribution in [1.82, 2.24) is 10.2 Å². The highest BCUT2D eigenvalue weighted by Crippen LogP contribution is 2.21. The van der Waals surface area contributed by atoms with Crippen molar-refractivity contribution in [2.75, 3.05) is 13.7 Å². The topological polar surface area (TPSA) is 67.9 Å². The molecular formula is C25H34N2O4. The quantitative estimate of drug-likeness (QED) is 0.623. The molecule has 0 heterocycles. The lowest BCUT2D eigenvalue weighted by Crippen LogP contribution is -2.51. The Morgan fingerprint density at radius 2 is 1.74 bits per heavy atom. The Labute approximate surface area is 185 Å². The SMILES string of the molecule is CCC(C(=O)NC(C)C)N(Cc1ccc(OC)cc1)C(=O)COc1cccc(C)c1C. The summed E-state index contributed by atoms with van der Waals surface area (Å²) in [4.78, 5) is 27.7. The molecule has 2 rings (SSSR count). The van der Waals surface area contributed by atoms with Gasteiger partial charge in [-0.1, -0.05) is 31.2 Å². The van der Waals surface area contributed by atoms with Crippen LogP contribution in [0.3, 0.4) is 0 Å². The van der Waals surface area contributed by atoms with Gasteiger partial charge in [0.2, 0.25) is 5.91 Å². The van der Waals surface area contributed by atoms with E-state index in [9.17, 15) is 9.59 Å². The van der Waals surface area contributed by atoms with Crippen LogP contribution in [0.15, 0.2) is 42.5 Å². The maximum absolute atomic E-state index is 13.2. The molecule has 0 aliphatic heterocycles. The standard InChI is InChI=1S/C25H34N2O4/c1-7-22(25(29)26-17(2)3)27(15-20-11-13-21(30-6)14-12-20)24(28)16-31-23-10-8-9-18(4)19(23)5/h8-14,17,22H,7,15-16H2,1-6H3,(H,26,29). The zero-order chi connectivity index (χ0) is 23.0. The molecule has 1 N–H and O–H groups in total. The predicted octanol–water partition coefficient (Wildman–Crippen LogP) is 4.02. The fourth-order valence-corrected chi connectivity index (χ4v) is 3.33. The number of nitrogens with zero attached hydrogens (tertiary/aromatic N) is 1. The van der Waals surface area contributed by atoms with Gasteiger partial charge < -0.3 is 19.7 Å². The molecule has 0 aromatic heterocycles. The lowest BCUT2D eigenvalue weighted by molar-refractivity contribution is -0.143. The predicted molar refractivity (Wildman–Crippen MR) is 122 cm³/mol.